The maximum absolute atomic E-state index is 11.0. The van der Waals surface area contributed by atoms with Gasteiger partial charge in [0, 0.05) is 17.9 Å². The molecule has 2 N–H and O–H groups in total. The van der Waals surface area contributed by atoms with Crippen LogP contribution in [0.15, 0.2) is 54.6 Å². The van der Waals surface area contributed by atoms with Gasteiger partial charge in [0.2, 0.25) is 0 Å². The van der Waals surface area contributed by atoms with Crippen LogP contribution in [0.3, 0.4) is 0 Å². The summed E-state index contributed by atoms with van der Waals surface area (Å²) in [7, 11) is 1.34. The van der Waals surface area contributed by atoms with E-state index in [1.54, 1.807) is 0 Å². The molecule has 0 aromatic heterocycles. The first-order valence-corrected chi connectivity index (χ1v) is 6.01. The van der Waals surface area contributed by atoms with Crippen LogP contribution in [0.1, 0.15) is 5.56 Å². The third-order valence-corrected chi connectivity index (χ3v) is 2.66. The van der Waals surface area contributed by atoms with Gasteiger partial charge in [-0.3, -0.25) is 5.32 Å². The number of benzene rings is 2. The maximum Gasteiger partial charge on any atom is 0.411 e. The van der Waals surface area contributed by atoms with Crippen LogP contribution in [0.2, 0.25) is 0 Å². The first-order valence-electron chi connectivity index (χ1n) is 6.01. The van der Waals surface area contributed by atoms with E-state index in [4.69, 9.17) is 0 Å². The molecule has 0 heterocycles. The second-order valence-electron chi connectivity index (χ2n) is 4.03. The van der Waals surface area contributed by atoms with Crippen molar-refractivity contribution in [2.45, 2.75) is 6.54 Å². The standard InChI is InChI=1S/C15H16N2O2/c1-19-15(18)17-14-9-7-13(8-10-14)16-11-12-5-3-2-4-6-12/h2-10,16H,11H2,1H3,(H,17,18). The van der Waals surface area contributed by atoms with Gasteiger partial charge < -0.3 is 10.1 Å². The molecule has 4 nitrogen and oxygen atoms in total. The Morgan fingerprint density at radius 3 is 2.26 bits per heavy atom. The molecule has 1 amide bonds. The zero-order valence-electron chi connectivity index (χ0n) is 10.7. The van der Waals surface area contributed by atoms with Crippen molar-refractivity contribution in [1.29, 1.82) is 0 Å². The Morgan fingerprint density at radius 2 is 1.63 bits per heavy atom. The lowest BCUT2D eigenvalue weighted by atomic mass is 10.2. The van der Waals surface area contributed by atoms with E-state index < -0.39 is 6.09 Å². The summed E-state index contributed by atoms with van der Waals surface area (Å²) in [5.41, 5.74) is 2.93. The zero-order chi connectivity index (χ0) is 13.5. The van der Waals surface area contributed by atoms with Gasteiger partial charge in [-0.05, 0) is 29.8 Å². The van der Waals surface area contributed by atoms with Crippen molar-refractivity contribution >= 4 is 17.5 Å². The molecule has 0 saturated carbocycles. The van der Waals surface area contributed by atoms with Gasteiger partial charge in [0.25, 0.3) is 0 Å². The van der Waals surface area contributed by atoms with Gasteiger partial charge in [-0.1, -0.05) is 30.3 Å². The van der Waals surface area contributed by atoms with Crippen LogP contribution in [0.4, 0.5) is 16.2 Å². The molecule has 0 atom stereocenters. The fourth-order valence-corrected chi connectivity index (χ4v) is 1.64. The Balaban J connectivity index is 1.90. The molecule has 2 aromatic rings. The molecular weight excluding hydrogens is 240 g/mol. The van der Waals surface area contributed by atoms with E-state index in [2.05, 4.69) is 27.5 Å². The van der Waals surface area contributed by atoms with Gasteiger partial charge in [0.15, 0.2) is 0 Å². The second kappa shape index (κ2) is 6.44. The average Bonchev–Trinajstić information content (AvgIpc) is 2.47. The van der Waals surface area contributed by atoms with Crippen molar-refractivity contribution in [2.24, 2.45) is 0 Å². The number of carbonyl (C=O) groups excluding carboxylic acids is 1. The quantitative estimate of drug-likeness (QED) is 0.880. The second-order valence-corrected chi connectivity index (χ2v) is 4.03. The molecule has 0 spiro atoms. The smallest absolute Gasteiger partial charge is 0.411 e. The SMILES string of the molecule is COC(=O)Nc1ccc(NCc2ccccc2)cc1. The van der Waals surface area contributed by atoms with Crippen molar-refractivity contribution < 1.29 is 9.53 Å². The molecule has 2 aromatic carbocycles. The number of amides is 1. The topological polar surface area (TPSA) is 50.4 Å². The molecule has 0 unspecified atom stereocenters. The molecule has 0 aliphatic carbocycles. The summed E-state index contributed by atoms with van der Waals surface area (Å²) >= 11 is 0. The number of nitrogens with one attached hydrogen (secondary N) is 2. The van der Waals surface area contributed by atoms with Gasteiger partial charge in [-0.25, -0.2) is 4.79 Å². The van der Waals surface area contributed by atoms with E-state index in [1.165, 1.54) is 12.7 Å². The molecule has 98 valence electrons. The average molecular weight is 256 g/mol. The van der Waals surface area contributed by atoms with Gasteiger partial charge in [0.1, 0.15) is 0 Å². The lowest BCUT2D eigenvalue weighted by molar-refractivity contribution is 0.187. The molecule has 0 aliphatic rings. The molecule has 0 aliphatic heterocycles. The summed E-state index contributed by atoms with van der Waals surface area (Å²) in [5, 5.41) is 5.92. The fraction of sp³-hybridized carbons (Fsp3) is 0.133. The number of methoxy groups -OCH3 is 1. The van der Waals surface area contributed by atoms with E-state index in [-0.39, 0.29) is 0 Å². The number of rotatable bonds is 4. The molecule has 4 heteroatoms. The molecule has 0 saturated heterocycles. The highest BCUT2D eigenvalue weighted by Crippen LogP contribution is 2.14. The predicted octanol–water partition coefficient (Wildman–Crippen LogP) is 3.48. The Labute approximate surface area is 112 Å². The van der Waals surface area contributed by atoms with Crippen LogP contribution in [-0.4, -0.2) is 13.2 Å². The van der Waals surface area contributed by atoms with Crippen LogP contribution < -0.4 is 10.6 Å². The molecule has 0 bridgehead atoms. The summed E-state index contributed by atoms with van der Waals surface area (Å²) in [4.78, 5) is 11.0. The van der Waals surface area contributed by atoms with E-state index >= 15 is 0 Å². The van der Waals surface area contributed by atoms with E-state index in [0.717, 1.165) is 12.2 Å². The number of carbonyl (C=O) groups is 1. The van der Waals surface area contributed by atoms with Gasteiger partial charge in [-0.15, -0.1) is 0 Å². The van der Waals surface area contributed by atoms with Crippen LogP contribution in [0.5, 0.6) is 0 Å². The number of anilines is 2. The number of hydrogen-bond donors (Lipinski definition) is 2. The molecule has 0 fully saturated rings. The van der Waals surface area contributed by atoms with Gasteiger partial charge in [-0.2, -0.15) is 0 Å². The first kappa shape index (κ1) is 13.0. The van der Waals surface area contributed by atoms with E-state index in [0.29, 0.717) is 5.69 Å². The monoisotopic (exact) mass is 256 g/mol. The minimum atomic E-state index is -0.468. The molecule has 0 radical (unpaired) electrons. The molecule has 2 rings (SSSR count). The summed E-state index contributed by atoms with van der Waals surface area (Å²) < 4.78 is 4.52. The van der Waals surface area contributed by atoms with Gasteiger partial charge in [0.05, 0.1) is 7.11 Å². The summed E-state index contributed by atoms with van der Waals surface area (Å²) in [6.45, 7) is 0.768. The van der Waals surface area contributed by atoms with Crippen molar-refractivity contribution in [3.63, 3.8) is 0 Å². The summed E-state index contributed by atoms with van der Waals surface area (Å²) in [6.07, 6.45) is -0.468. The van der Waals surface area contributed by atoms with Crippen LogP contribution in [0.25, 0.3) is 0 Å². The number of ether oxygens (including phenoxy) is 1. The Hall–Kier alpha value is -2.49. The Morgan fingerprint density at radius 1 is 1.00 bits per heavy atom. The van der Waals surface area contributed by atoms with Crippen molar-refractivity contribution in [3.8, 4) is 0 Å². The maximum atomic E-state index is 11.0. The highest BCUT2D eigenvalue weighted by Gasteiger charge is 2.00. The highest BCUT2D eigenvalue weighted by molar-refractivity contribution is 5.84. The van der Waals surface area contributed by atoms with Crippen LogP contribution in [-0.2, 0) is 11.3 Å². The van der Waals surface area contributed by atoms with Crippen molar-refractivity contribution in [3.05, 3.63) is 60.2 Å². The Kier molecular flexibility index (Phi) is 4.39. The lowest BCUT2D eigenvalue weighted by Gasteiger charge is -2.08. The normalized spacial score (nSPS) is 9.74. The predicted molar refractivity (Wildman–Crippen MR) is 76.2 cm³/mol. The fourth-order valence-electron chi connectivity index (χ4n) is 1.64. The minimum absolute atomic E-state index is 0.468. The van der Waals surface area contributed by atoms with E-state index in [1.807, 2.05) is 42.5 Å². The zero-order valence-corrected chi connectivity index (χ0v) is 10.7. The van der Waals surface area contributed by atoms with E-state index in [9.17, 15) is 4.79 Å². The number of hydrogen-bond acceptors (Lipinski definition) is 3. The minimum Gasteiger partial charge on any atom is -0.453 e. The molecule has 19 heavy (non-hydrogen) atoms. The summed E-state index contributed by atoms with van der Waals surface area (Å²) in [5.74, 6) is 0. The third kappa shape index (κ3) is 4.03. The Bertz CT molecular complexity index is 524. The molecular formula is C15H16N2O2. The van der Waals surface area contributed by atoms with Crippen molar-refractivity contribution in [2.75, 3.05) is 17.7 Å². The largest absolute Gasteiger partial charge is 0.453 e. The van der Waals surface area contributed by atoms with Crippen LogP contribution in [0, 0.1) is 0 Å². The van der Waals surface area contributed by atoms with Crippen molar-refractivity contribution in [1.82, 2.24) is 0 Å². The first-order chi connectivity index (χ1) is 9.28. The third-order valence-electron chi connectivity index (χ3n) is 2.66. The lowest BCUT2D eigenvalue weighted by Crippen LogP contribution is -2.10. The van der Waals surface area contributed by atoms with Crippen LogP contribution >= 0.6 is 0 Å². The highest BCUT2D eigenvalue weighted by atomic mass is 16.5. The summed E-state index contributed by atoms with van der Waals surface area (Å²) in [6, 6.07) is 17.6. The van der Waals surface area contributed by atoms with Gasteiger partial charge >= 0.3 is 6.09 Å².